The summed E-state index contributed by atoms with van der Waals surface area (Å²) in [6, 6.07) is 13.6. The number of ether oxygens (including phenoxy) is 2. The zero-order valence-corrected chi connectivity index (χ0v) is 17.8. The smallest absolute Gasteiger partial charge is 0.257 e. The number of para-hydroxylation sites is 1. The Morgan fingerprint density at radius 1 is 1.13 bits per heavy atom. The standard InChI is InChI=1S/C24H26N4O3/c1-3-11-28-23(25-19-8-5-4-7-17(19)24(28)29)18-15-27(2)26-22(18)16-9-10-20-21(14-16)31-13-6-12-30-20/h4-5,7-10,14-15,23,25H,3,6,11-13H2,1-2H3/t23-/m0/s1. The number of hydrogen-bond acceptors (Lipinski definition) is 5. The van der Waals surface area contributed by atoms with Crippen LogP contribution >= 0.6 is 0 Å². The molecule has 2 aliphatic heterocycles. The molecule has 160 valence electrons. The molecule has 0 saturated carbocycles. The van der Waals surface area contributed by atoms with Crippen LogP contribution in [0.25, 0.3) is 11.3 Å². The van der Waals surface area contributed by atoms with Crippen molar-refractivity contribution < 1.29 is 14.3 Å². The molecular weight excluding hydrogens is 392 g/mol. The number of nitrogens with one attached hydrogen (secondary N) is 1. The predicted octanol–water partition coefficient (Wildman–Crippen LogP) is 4.22. The molecule has 31 heavy (non-hydrogen) atoms. The predicted molar refractivity (Wildman–Crippen MR) is 118 cm³/mol. The molecular formula is C24H26N4O3. The number of rotatable bonds is 4. The summed E-state index contributed by atoms with van der Waals surface area (Å²) in [6.45, 7) is 4.02. The van der Waals surface area contributed by atoms with E-state index in [0.29, 0.717) is 25.3 Å². The van der Waals surface area contributed by atoms with E-state index in [1.807, 2.05) is 60.6 Å². The minimum Gasteiger partial charge on any atom is -0.490 e. The highest BCUT2D eigenvalue weighted by atomic mass is 16.5. The molecule has 0 bridgehead atoms. The van der Waals surface area contributed by atoms with E-state index in [0.717, 1.165) is 46.8 Å². The fraction of sp³-hybridized carbons (Fsp3) is 0.333. The summed E-state index contributed by atoms with van der Waals surface area (Å²) in [5, 5.41) is 8.32. The lowest BCUT2D eigenvalue weighted by Gasteiger charge is -2.37. The third kappa shape index (κ3) is 3.50. The summed E-state index contributed by atoms with van der Waals surface area (Å²) in [7, 11) is 1.90. The summed E-state index contributed by atoms with van der Waals surface area (Å²) < 4.78 is 13.5. The van der Waals surface area contributed by atoms with E-state index in [1.165, 1.54) is 0 Å². The van der Waals surface area contributed by atoms with E-state index < -0.39 is 0 Å². The van der Waals surface area contributed by atoms with Gasteiger partial charge in [-0.05, 0) is 36.8 Å². The molecule has 0 aliphatic carbocycles. The van der Waals surface area contributed by atoms with E-state index in [-0.39, 0.29) is 12.1 Å². The van der Waals surface area contributed by atoms with Crippen LogP contribution in [-0.4, -0.2) is 40.3 Å². The number of nitrogens with zero attached hydrogens (tertiary/aromatic N) is 3. The monoisotopic (exact) mass is 418 g/mol. The van der Waals surface area contributed by atoms with Crippen LogP contribution < -0.4 is 14.8 Å². The third-order valence-electron chi connectivity index (χ3n) is 5.66. The first-order chi connectivity index (χ1) is 15.2. The summed E-state index contributed by atoms with van der Waals surface area (Å²) in [4.78, 5) is 15.2. The van der Waals surface area contributed by atoms with Crippen LogP contribution in [0.4, 0.5) is 5.69 Å². The second-order valence-electron chi connectivity index (χ2n) is 7.91. The van der Waals surface area contributed by atoms with Crippen LogP contribution in [-0.2, 0) is 7.05 Å². The highest BCUT2D eigenvalue weighted by molar-refractivity contribution is 6.01. The molecule has 1 aromatic heterocycles. The van der Waals surface area contributed by atoms with Crippen molar-refractivity contribution in [2.45, 2.75) is 25.9 Å². The summed E-state index contributed by atoms with van der Waals surface area (Å²) >= 11 is 0. The van der Waals surface area contributed by atoms with Gasteiger partial charge in [-0.3, -0.25) is 9.48 Å². The number of anilines is 1. The molecule has 0 fully saturated rings. The first-order valence-electron chi connectivity index (χ1n) is 10.8. The lowest BCUT2D eigenvalue weighted by atomic mass is 10.0. The van der Waals surface area contributed by atoms with Crippen LogP contribution in [0.5, 0.6) is 11.5 Å². The number of fused-ring (bicyclic) bond motifs is 2. The van der Waals surface area contributed by atoms with Crippen molar-refractivity contribution >= 4 is 11.6 Å². The largest absolute Gasteiger partial charge is 0.490 e. The van der Waals surface area contributed by atoms with Crippen molar-refractivity contribution in [3.63, 3.8) is 0 Å². The van der Waals surface area contributed by atoms with Crippen molar-refractivity contribution in [1.82, 2.24) is 14.7 Å². The highest BCUT2D eigenvalue weighted by Gasteiger charge is 2.34. The zero-order chi connectivity index (χ0) is 21.4. The zero-order valence-electron chi connectivity index (χ0n) is 17.8. The number of hydrogen-bond donors (Lipinski definition) is 1. The number of aromatic nitrogens is 2. The van der Waals surface area contributed by atoms with Crippen LogP contribution in [0.2, 0.25) is 0 Å². The van der Waals surface area contributed by atoms with Crippen molar-refractivity contribution in [3.05, 3.63) is 59.8 Å². The molecule has 5 rings (SSSR count). The summed E-state index contributed by atoms with van der Waals surface area (Å²) in [6.07, 6.45) is 3.41. The number of carbonyl (C=O) groups is 1. The molecule has 0 radical (unpaired) electrons. The van der Waals surface area contributed by atoms with Gasteiger partial charge in [-0.15, -0.1) is 0 Å². The van der Waals surface area contributed by atoms with E-state index in [9.17, 15) is 4.79 Å². The van der Waals surface area contributed by atoms with Gasteiger partial charge in [0.05, 0.1) is 24.5 Å². The Balaban J connectivity index is 1.59. The van der Waals surface area contributed by atoms with E-state index in [4.69, 9.17) is 14.6 Å². The molecule has 1 amide bonds. The lowest BCUT2D eigenvalue weighted by Crippen LogP contribution is -2.43. The molecule has 7 nitrogen and oxygen atoms in total. The molecule has 0 saturated heterocycles. The maximum atomic E-state index is 13.3. The average Bonchev–Trinajstić information content (AvgIpc) is 3.01. The molecule has 0 unspecified atom stereocenters. The Hall–Kier alpha value is -3.48. The molecule has 2 aliphatic rings. The van der Waals surface area contributed by atoms with Gasteiger partial charge in [0.15, 0.2) is 11.5 Å². The molecule has 1 N–H and O–H groups in total. The van der Waals surface area contributed by atoms with Gasteiger partial charge in [-0.25, -0.2) is 0 Å². The van der Waals surface area contributed by atoms with Gasteiger partial charge in [-0.1, -0.05) is 19.1 Å². The van der Waals surface area contributed by atoms with E-state index >= 15 is 0 Å². The van der Waals surface area contributed by atoms with Gasteiger partial charge in [-0.2, -0.15) is 5.10 Å². The topological polar surface area (TPSA) is 68.6 Å². The Bertz CT molecular complexity index is 1120. The van der Waals surface area contributed by atoms with Crippen molar-refractivity contribution in [2.75, 3.05) is 25.1 Å². The number of aryl methyl sites for hydroxylation is 1. The quantitative estimate of drug-likeness (QED) is 0.687. The average molecular weight is 418 g/mol. The van der Waals surface area contributed by atoms with Gasteiger partial charge in [0, 0.05) is 43.0 Å². The first kappa shape index (κ1) is 19.5. The third-order valence-corrected chi connectivity index (χ3v) is 5.66. The number of carbonyl (C=O) groups excluding carboxylic acids is 1. The molecule has 2 aromatic carbocycles. The summed E-state index contributed by atoms with van der Waals surface area (Å²) in [5.74, 6) is 1.52. The molecule has 0 spiro atoms. The minimum absolute atomic E-state index is 0.0367. The molecule has 7 heteroatoms. The fourth-order valence-corrected chi connectivity index (χ4v) is 4.25. The Morgan fingerprint density at radius 2 is 1.94 bits per heavy atom. The van der Waals surface area contributed by atoms with Crippen LogP contribution in [0.1, 0.15) is 41.9 Å². The van der Waals surface area contributed by atoms with Gasteiger partial charge in [0.25, 0.3) is 5.91 Å². The maximum absolute atomic E-state index is 13.3. The summed E-state index contributed by atoms with van der Waals surface area (Å²) in [5.41, 5.74) is 4.26. The van der Waals surface area contributed by atoms with E-state index in [1.54, 1.807) is 4.68 Å². The minimum atomic E-state index is -0.304. The van der Waals surface area contributed by atoms with Crippen LogP contribution in [0.15, 0.2) is 48.7 Å². The van der Waals surface area contributed by atoms with Crippen molar-refractivity contribution in [1.29, 1.82) is 0 Å². The number of benzene rings is 2. The lowest BCUT2D eigenvalue weighted by molar-refractivity contribution is 0.0683. The highest BCUT2D eigenvalue weighted by Crippen LogP contribution is 2.39. The second kappa shape index (κ2) is 7.98. The maximum Gasteiger partial charge on any atom is 0.257 e. The van der Waals surface area contributed by atoms with Gasteiger partial charge in [0.2, 0.25) is 0 Å². The van der Waals surface area contributed by atoms with Crippen LogP contribution in [0.3, 0.4) is 0 Å². The van der Waals surface area contributed by atoms with Gasteiger partial charge < -0.3 is 19.7 Å². The van der Waals surface area contributed by atoms with Gasteiger partial charge >= 0.3 is 0 Å². The van der Waals surface area contributed by atoms with Crippen LogP contribution in [0, 0.1) is 0 Å². The molecule has 1 atom stereocenters. The SMILES string of the molecule is CCCN1C(=O)c2ccccc2N[C@@H]1c1cn(C)nc1-c1ccc2c(c1)OCCCO2. The first-order valence-corrected chi connectivity index (χ1v) is 10.8. The Kier molecular flexibility index (Phi) is 5.02. The molecule has 3 heterocycles. The molecule has 3 aromatic rings. The fourth-order valence-electron chi connectivity index (χ4n) is 4.25. The van der Waals surface area contributed by atoms with E-state index in [2.05, 4.69) is 12.2 Å². The van der Waals surface area contributed by atoms with Crippen molar-refractivity contribution in [3.8, 4) is 22.8 Å². The van der Waals surface area contributed by atoms with Crippen molar-refractivity contribution in [2.24, 2.45) is 7.05 Å². The Morgan fingerprint density at radius 3 is 2.77 bits per heavy atom. The normalized spacial score (nSPS) is 17.7. The number of amides is 1. The Labute approximate surface area is 181 Å². The second-order valence-corrected chi connectivity index (χ2v) is 7.91. The van der Waals surface area contributed by atoms with Gasteiger partial charge in [0.1, 0.15) is 6.17 Å².